The number of hydrogen-bond acceptors (Lipinski definition) is 7. The highest BCUT2D eigenvalue weighted by Gasteiger charge is 2.20. The fraction of sp³-hybridized carbons (Fsp3) is 0.655. The van der Waals surface area contributed by atoms with E-state index < -0.39 is 13.9 Å². The third-order valence-electron chi connectivity index (χ3n) is 10.1. The van der Waals surface area contributed by atoms with Crippen molar-refractivity contribution in [2.45, 2.75) is 180 Å². The number of unbranched alkanes of at least 4 members (excludes halogenated alkanes) is 13. The molecule has 0 heterocycles. The number of ether oxygens (including phenoxy) is 2. The Morgan fingerprint density at radius 2 is 0.906 bits per heavy atom. The van der Waals surface area contributed by atoms with E-state index in [9.17, 15) is 14.3 Å². The first kappa shape index (κ1) is 61.2. The maximum absolute atomic E-state index is 12.7. The number of esters is 1. The van der Waals surface area contributed by atoms with Crippen LogP contribution in [0.2, 0.25) is 0 Å². The van der Waals surface area contributed by atoms with Crippen molar-refractivity contribution >= 4 is 13.8 Å². The highest BCUT2D eigenvalue weighted by atomic mass is 31.2. The molecule has 0 aromatic carbocycles. The molecule has 0 aliphatic carbocycles. The molecule has 0 aromatic heterocycles. The monoisotopic (exact) mass is 912 g/mol. The van der Waals surface area contributed by atoms with Crippen molar-refractivity contribution in [2.75, 3.05) is 54.1 Å². The van der Waals surface area contributed by atoms with Crippen molar-refractivity contribution in [2.24, 2.45) is 0 Å². The van der Waals surface area contributed by atoms with Gasteiger partial charge in [-0.25, -0.2) is 0 Å². The lowest BCUT2D eigenvalue weighted by Crippen LogP contribution is -2.37. The zero-order chi connectivity index (χ0) is 46.9. The van der Waals surface area contributed by atoms with Gasteiger partial charge in [-0.15, -0.1) is 0 Å². The number of carbonyl (C=O) groups excluding carboxylic acids is 1. The molecule has 0 spiro atoms. The molecular weight excluding hydrogens is 818 g/mol. The lowest BCUT2D eigenvalue weighted by Gasteiger charge is -2.28. The average Bonchev–Trinajstić information content (AvgIpc) is 3.25. The van der Waals surface area contributed by atoms with E-state index in [1.54, 1.807) is 0 Å². The predicted octanol–water partition coefficient (Wildman–Crippen LogP) is 14.9. The SMILES string of the molecule is CC/C=C\C/C=C\C/C=C\C/C=C\C/C=C\C/C=C\C/C=C\CCCCCC(=O)OC(COCCCCCCCC/C=C\C/C=C\CCCCCC)COP(=O)([O-])OCC[N+](C)(C)C. The fourth-order valence-corrected chi connectivity index (χ4v) is 6.93. The van der Waals surface area contributed by atoms with E-state index in [4.69, 9.17) is 18.5 Å². The third-order valence-corrected chi connectivity index (χ3v) is 11.0. The first-order chi connectivity index (χ1) is 31.1. The summed E-state index contributed by atoms with van der Waals surface area (Å²) in [5.74, 6) is -0.374. The molecule has 0 rings (SSSR count). The van der Waals surface area contributed by atoms with Gasteiger partial charge >= 0.3 is 5.97 Å². The van der Waals surface area contributed by atoms with Crippen LogP contribution in [-0.2, 0) is 27.9 Å². The molecule has 2 atom stereocenters. The molecule has 0 amide bonds. The Morgan fingerprint density at radius 3 is 1.36 bits per heavy atom. The zero-order valence-electron chi connectivity index (χ0n) is 41.4. The Morgan fingerprint density at radius 1 is 0.500 bits per heavy atom. The highest BCUT2D eigenvalue weighted by Crippen LogP contribution is 2.38. The number of phosphoric acid groups is 1. The van der Waals surface area contributed by atoms with E-state index in [-0.39, 0.29) is 32.2 Å². The number of nitrogens with zero attached hydrogens (tertiary/aromatic N) is 1. The molecule has 0 fully saturated rings. The molecule has 0 radical (unpaired) electrons. The summed E-state index contributed by atoms with van der Waals surface area (Å²) < 4.78 is 34.7. The van der Waals surface area contributed by atoms with Gasteiger partial charge < -0.3 is 27.9 Å². The molecule has 2 unspecified atom stereocenters. The average molecular weight is 912 g/mol. The van der Waals surface area contributed by atoms with Crippen molar-refractivity contribution in [3.05, 3.63) is 109 Å². The largest absolute Gasteiger partial charge is 0.756 e. The van der Waals surface area contributed by atoms with E-state index in [0.717, 1.165) is 96.3 Å². The summed E-state index contributed by atoms with van der Waals surface area (Å²) in [6, 6.07) is 0. The van der Waals surface area contributed by atoms with Gasteiger partial charge in [0.2, 0.25) is 0 Å². The molecule has 0 bridgehead atoms. The molecule has 0 N–H and O–H groups in total. The van der Waals surface area contributed by atoms with Gasteiger partial charge in [-0.1, -0.05) is 175 Å². The Kier molecular flexibility index (Phi) is 44.6. The molecule has 9 heteroatoms. The minimum Gasteiger partial charge on any atom is -0.756 e. The first-order valence-electron chi connectivity index (χ1n) is 25.1. The smallest absolute Gasteiger partial charge is 0.306 e. The third kappa shape index (κ3) is 50.2. The normalized spacial score (nSPS) is 14.5. The molecule has 0 saturated carbocycles. The molecular formula is C55H94NO7P. The quantitative estimate of drug-likeness (QED) is 0.0197. The van der Waals surface area contributed by atoms with Gasteiger partial charge in [-0.3, -0.25) is 9.36 Å². The highest BCUT2D eigenvalue weighted by molar-refractivity contribution is 7.45. The van der Waals surface area contributed by atoms with Crippen LogP contribution in [0.3, 0.4) is 0 Å². The van der Waals surface area contributed by atoms with Crippen LogP contribution in [0.1, 0.15) is 174 Å². The zero-order valence-corrected chi connectivity index (χ0v) is 42.3. The number of rotatable bonds is 45. The van der Waals surface area contributed by atoms with E-state index in [1.807, 2.05) is 21.1 Å². The fourth-order valence-electron chi connectivity index (χ4n) is 6.20. The van der Waals surface area contributed by atoms with Gasteiger partial charge in [0, 0.05) is 13.0 Å². The van der Waals surface area contributed by atoms with Gasteiger partial charge in [0.1, 0.15) is 19.3 Å². The van der Waals surface area contributed by atoms with Crippen molar-refractivity contribution in [3.8, 4) is 0 Å². The number of allylic oxidation sites excluding steroid dienone is 18. The van der Waals surface area contributed by atoms with E-state index >= 15 is 0 Å². The molecule has 0 aliphatic rings. The molecule has 0 saturated heterocycles. The van der Waals surface area contributed by atoms with E-state index in [2.05, 4.69) is 123 Å². The van der Waals surface area contributed by atoms with Crippen LogP contribution in [0.4, 0.5) is 0 Å². The maximum Gasteiger partial charge on any atom is 0.306 e. The second-order valence-electron chi connectivity index (χ2n) is 17.4. The number of quaternary nitrogens is 1. The topological polar surface area (TPSA) is 94.1 Å². The minimum atomic E-state index is -4.55. The molecule has 0 aromatic rings. The van der Waals surface area contributed by atoms with Crippen molar-refractivity contribution in [1.82, 2.24) is 0 Å². The van der Waals surface area contributed by atoms with Crippen LogP contribution in [-0.4, -0.2) is 70.7 Å². The maximum atomic E-state index is 12.7. The van der Waals surface area contributed by atoms with E-state index in [0.29, 0.717) is 24.1 Å². The summed E-state index contributed by atoms with van der Waals surface area (Å²) in [7, 11) is 1.31. The van der Waals surface area contributed by atoms with Gasteiger partial charge in [0.25, 0.3) is 7.82 Å². The summed E-state index contributed by atoms with van der Waals surface area (Å²) >= 11 is 0. The summed E-state index contributed by atoms with van der Waals surface area (Å²) in [6.45, 7) is 5.18. The second kappa shape index (κ2) is 46.7. The molecule has 366 valence electrons. The van der Waals surface area contributed by atoms with Crippen LogP contribution in [0.5, 0.6) is 0 Å². The minimum absolute atomic E-state index is 0.0105. The predicted molar refractivity (Wildman–Crippen MR) is 272 cm³/mol. The van der Waals surface area contributed by atoms with Gasteiger partial charge in [-0.05, 0) is 103 Å². The standard InChI is InChI=1S/C55H94NO7P/c1-6-8-10-12-14-16-18-20-22-24-25-26-27-28-29-30-31-32-34-36-38-40-42-44-46-48-55(57)63-54(53-62-64(58,59)61-51-49-56(3,4)5)52-60-50-47-45-43-41-39-37-35-33-23-21-19-17-15-13-11-9-7-2/h8,10,14,16-17,19-20,22-23,25-26,28-29,31-33,36,38,54H,6-7,9,11-13,15,18,21,24,27,30,34-35,37,39-53H2,1-5H3/b10-8-,16-14-,19-17-,22-20-,26-25-,29-28-,32-31-,33-23-,38-36-. The van der Waals surface area contributed by atoms with Crippen LogP contribution in [0.15, 0.2) is 109 Å². The van der Waals surface area contributed by atoms with Crippen molar-refractivity contribution in [3.63, 3.8) is 0 Å². The van der Waals surface area contributed by atoms with Crippen molar-refractivity contribution in [1.29, 1.82) is 0 Å². The van der Waals surface area contributed by atoms with Crippen LogP contribution >= 0.6 is 7.82 Å². The Bertz CT molecular complexity index is 1380. The van der Waals surface area contributed by atoms with Gasteiger partial charge in [0.15, 0.2) is 0 Å². The second-order valence-corrected chi connectivity index (χ2v) is 18.8. The number of likely N-dealkylation sites (N-methyl/N-ethyl adjacent to an activating group) is 1. The number of hydrogen-bond donors (Lipinski definition) is 0. The molecule has 8 nitrogen and oxygen atoms in total. The van der Waals surface area contributed by atoms with Gasteiger partial charge in [0.05, 0.1) is 34.4 Å². The molecule has 64 heavy (non-hydrogen) atoms. The summed E-state index contributed by atoms with van der Waals surface area (Å²) in [4.78, 5) is 25.2. The molecule has 0 aliphatic heterocycles. The number of carbonyl (C=O) groups is 1. The lowest BCUT2D eigenvalue weighted by molar-refractivity contribution is -0.870. The Labute approximate surface area is 393 Å². The van der Waals surface area contributed by atoms with Crippen LogP contribution in [0, 0.1) is 0 Å². The van der Waals surface area contributed by atoms with Gasteiger partial charge in [-0.2, -0.15) is 0 Å². The van der Waals surface area contributed by atoms with Crippen molar-refractivity contribution < 1.29 is 37.3 Å². The number of phosphoric ester groups is 1. The lowest BCUT2D eigenvalue weighted by atomic mass is 10.1. The van der Waals surface area contributed by atoms with Crippen LogP contribution in [0.25, 0.3) is 0 Å². The van der Waals surface area contributed by atoms with E-state index in [1.165, 1.54) is 51.4 Å². The Balaban J connectivity index is 4.29. The summed E-state index contributed by atoms with van der Waals surface area (Å²) in [6.07, 6.45) is 65.4. The first-order valence-corrected chi connectivity index (χ1v) is 26.6. The van der Waals surface area contributed by atoms with Crippen LogP contribution < -0.4 is 4.89 Å². The summed E-state index contributed by atoms with van der Waals surface area (Å²) in [5.41, 5.74) is 0. The summed E-state index contributed by atoms with van der Waals surface area (Å²) in [5, 5.41) is 0. The Hall–Kier alpha value is -2.84.